The predicted molar refractivity (Wildman–Crippen MR) is 68.7 cm³/mol. The van der Waals surface area contributed by atoms with Gasteiger partial charge in [0.15, 0.2) is 5.69 Å². The summed E-state index contributed by atoms with van der Waals surface area (Å²) >= 11 is 0. The van der Waals surface area contributed by atoms with E-state index < -0.39 is 5.97 Å². The van der Waals surface area contributed by atoms with Crippen molar-refractivity contribution in [2.75, 3.05) is 0 Å². The molecule has 6 nitrogen and oxygen atoms in total. The summed E-state index contributed by atoms with van der Waals surface area (Å²) in [6.45, 7) is 0. The Kier molecular flexibility index (Phi) is 2.49. The molecule has 3 aromatic rings. The largest absolute Gasteiger partial charge is 0.476 e. The van der Waals surface area contributed by atoms with Crippen LogP contribution in [0.15, 0.2) is 36.7 Å². The molecule has 0 saturated heterocycles. The van der Waals surface area contributed by atoms with Gasteiger partial charge in [0.05, 0.1) is 18.1 Å². The van der Waals surface area contributed by atoms with Crippen LogP contribution in [-0.4, -0.2) is 31.1 Å². The number of hydrogen-bond donors (Lipinski definition) is 1. The first-order chi connectivity index (χ1) is 9.16. The van der Waals surface area contributed by atoms with E-state index in [9.17, 15) is 4.79 Å². The first-order valence-corrected chi connectivity index (χ1v) is 5.64. The molecule has 0 aliphatic rings. The number of fused-ring (bicyclic) bond motifs is 1. The summed E-state index contributed by atoms with van der Waals surface area (Å²) in [6.07, 6.45) is 3.34. The summed E-state index contributed by atoms with van der Waals surface area (Å²) in [5, 5.41) is 22.5. The molecular weight excluding hydrogens is 244 g/mol. The number of carboxylic acids is 1. The molecule has 0 saturated carbocycles. The molecule has 1 N–H and O–H groups in total. The van der Waals surface area contributed by atoms with Crippen LogP contribution >= 0.6 is 0 Å². The highest BCUT2D eigenvalue weighted by molar-refractivity contribution is 5.96. The lowest BCUT2D eigenvalue weighted by Crippen LogP contribution is -1.99. The SMILES string of the molecule is Cn1nc(C(=O)O)cc1-c1cccc2cnncc12. The second-order valence-corrected chi connectivity index (χ2v) is 4.14. The van der Waals surface area contributed by atoms with Crippen LogP contribution < -0.4 is 0 Å². The molecule has 3 rings (SSSR count). The summed E-state index contributed by atoms with van der Waals surface area (Å²) in [5.41, 5.74) is 1.64. The Hall–Kier alpha value is -2.76. The van der Waals surface area contributed by atoms with Gasteiger partial charge in [-0.1, -0.05) is 18.2 Å². The van der Waals surface area contributed by atoms with Crippen molar-refractivity contribution in [3.63, 3.8) is 0 Å². The first kappa shape index (κ1) is 11.3. The number of aromatic nitrogens is 4. The van der Waals surface area contributed by atoms with Gasteiger partial charge in [0, 0.05) is 23.4 Å². The third-order valence-corrected chi connectivity index (χ3v) is 2.97. The second kappa shape index (κ2) is 4.16. The Morgan fingerprint density at radius 3 is 2.79 bits per heavy atom. The average Bonchev–Trinajstić information content (AvgIpc) is 2.80. The molecule has 2 aromatic heterocycles. The number of aromatic carboxylic acids is 1. The molecule has 19 heavy (non-hydrogen) atoms. The fourth-order valence-electron chi connectivity index (χ4n) is 2.07. The van der Waals surface area contributed by atoms with Crippen molar-refractivity contribution in [3.8, 4) is 11.3 Å². The molecule has 0 unspecified atom stereocenters. The monoisotopic (exact) mass is 254 g/mol. The van der Waals surface area contributed by atoms with Crippen LogP contribution in [0.5, 0.6) is 0 Å². The highest BCUT2D eigenvalue weighted by Gasteiger charge is 2.14. The van der Waals surface area contributed by atoms with Crippen molar-refractivity contribution in [2.24, 2.45) is 7.05 Å². The maximum Gasteiger partial charge on any atom is 0.356 e. The fraction of sp³-hybridized carbons (Fsp3) is 0.0769. The van der Waals surface area contributed by atoms with Gasteiger partial charge in [-0.3, -0.25) is 4.68 Å². The molecule has 1 aromatic carbocycles. The van der Waals surface area contributed by atoms with E-state index in [2.05, 4.69) is 15.3 Å². The van der Waals surface area contributed by atoms with Crippen LogP contribution in [0.2, 0.25) is 0 Å². The van der Waals surface area contributed by atoms with Crippen molar-refractivity contribution < 1.29 is 9.90 Å². The minimum Gasteiger partial charge on any atom is -0.476 e. The van der Waals surface area contributed by atoms with Crippen molar-refractivity contribution in [2.45, 2.75) is 0 Å². The van der Waals surface area contributed by atoms with E-state index in [-0.39, 0.29) is 5.69 Å². The average molecular weight is 254 g/mol. The van der Waals surface area contributed by atoms with Gasteiger partial charge in [-0.25, -0.2) is 4.79 Å². The Morgan fingerprint density at radius 2 is 2.05 bits per heavy atom. The van der Waals surface area contributed by atoms with E-state index >= 15 is 0 Å². The highest BCUT2D eigenvalue weighted by Crippen LogP contribution is 2.27. The summed E-state index contributed by atoms with van der Waals surface area (Å²) in [4.78, 5) is 11.0. The van der Waals surface area contributed by atoms with Crippen molar-refractivity contribution in [3.05, 3.63) is 42.4 Å². The Morgan fingerprint density at radius 1 is 1.26 bits per heavy atom. The molecule has 94 valence electrons. The Balaban J connectivity index is 2.27. The molecular formula is C13H10N4O2. The van der Waals surface area contributed by atoms with Gasteiger partial charge < -0.3 is 5.11 Å². The Bertz CT molecular complexity index is 774. The smallest absolute Gasteiger partial charge is 0.356 e. The molecule has 0 spiro atoms. The number of nitrogens with zero attached hydrogens (tertiary/aromatic N) is 4. The van der Waals surface area contributed by atoms with E-state index in [1.807, 2.05) is 18.2 Å². The zero-order valence-electron chi connectivity index (χ0n) is 10.1. The van der Waals surface area contributed by atoms with Crippen LogP contribution in [0.1, 0.15) is 10.5 Å². The molecule has 0 fully saturated rings. The van der Waals surface area contributed by atoms with Gasteiger partial charge in [-0.2, -0.15) is 15.3 Å². The second-order valence-electron chi connectivity index (χ2n) is 4.14. The topological polar surface area (TPSA) is 80.9 Å². The van der Waals surface area contributed by atoms with Gasteiger partial charge in [0.2, 0.25) is 0 Å². The fourth-order valence-corrected chi connectivity index (χ4v) is 2.07. The number of benzene rings is 1. The summed E-state index contributed by atoms with van der Waals surface area (Å²) in [5.74, 6) is -1.04. The zero-order chi connectivity index (χ0) is 13.4. The van der Waals surface area contributed by atoms with Crippen molar-refractivity contribution >= 4 is 16.7 Å². The normalized spacial score (nSPS) is 10.8. The molecule has 0 aliphatic carbocycles. The molecule has 0 aliphatic heterocycles. The van der Waals surface area contributed by atoms with E-state index in [4.69, 9.17) is 5.11 Å². The summed E-state index contributed by atoms with van der Waals surface area (Å²) in [6, 6.07) is 7.29. The van der Waals surface area contributed by atoms with Crippen LogP contribution in [0, 0.1) is 0 Å². The summed E-state index contributed by atoms with van der Waals surface area (Å²) in [7, 11) is 1.72. The van der Waals surface area contributed by atoms with Crippen LogP contribution in [0.4, 0.5) is 0 Å². The first-order valence-electron chi connectivity index (χ1n) is 5.64. The number of rotatable bonds is 2. The van der Waals surface area contributed by atoms with Crippen LogP contribution in [-0.2, 0) is 7.05 Å². The number of aryl methyl sites for hydroxylation is 1. The predicted octanol–water partition coefficient (Wildman–Crippen LogP) is 1.73. The van der Waals surface area contributed by atoms with E-state index in [0.717, 1.165) is 22.0 Å². The molecule has 2 heterocycles. The van der Waals surface area contributed by atoms with Crippen LogP contribution in [0.25, 0.3) is 22.0 Å². The standard InChI is InChI=1S/C13H10N4O2/c1-17-12(5-11(16-17)13(18)19)9-4-2-3-8-6-14-15-7-10(8)9/h2-7H,1H3,(H,18,19). The third-order valence-electron chi connectivity index (χ3n) is 2.97. The van der Waals surface area contributed by atoms with E-state index in [0.29, 0.717) is 0 Å². The minimum absolute atomic E-state index is 0.0246. The van der Waals surface area contributed by atoms with Gasteiger partial charge in [0.1, 0.15) is 0 Å². The van der Waals surface area contributed by atoms with Gasteiger partial charge in [0.25, 0.3) is 0 Å². The third kappa shape index (κ3) is 1.83. The maximum atomic E-state index is 11.0. The maximum absolute atomic E-state index is 11.0. The number of carbonyl (C=O) groups is 1. The lowest BCUT2D eigenvalue weighted by molar-refractivity contribution is 0.0689. The summed E-state index contributed by atoms with van der Waals surface area (Å²) < 4.78 is 1.55. The zero-order valence-corrected chi connectivity index (χ0v) is 10.1. The van der Waals surface area contributed by atoms with Crippen molar-refractivity contribution in [1.29, 1.82) is 0 Å². The Labute approximate surface area is 108 Å². The number of carboxylic acid groups (broad SMARTS) is 1. The molecule has 0 radical (unpaired) electrons. The molecule has 0 atom stereocenters. The quantitative estimate of drug-likeness (QED) is 0.753. The molecule has 0 bridgehead atoms. The lowest BCUT2D eigenvalue weighted by atomic mass is 10.0. The van der Waals surface area contributed by atoms with Gasteiger partial charge in [-0.15, -0.1) is 0 Å². The van der Waals surface area contributed by atoms with Crippen LogP contribution in [0.3, 0.4) is 0 Å². The van der Waals surface area contributed by atoms with Gasteiger partial charge >= 0.3 is 5.97 Å². The highest BCUT2D eigenvalue weighted by atomic mass is 16.4. The van der Waals surface area contributed by atoms with Crippen molar-refractivity contribution in [1.82, 2.24) is 20.0 Å². The lowest BCUT2D eigenvalue weighted by Gasteiger charge is -2.05. The van der Waals surface area contributed by atoms with E-state index in [1.165, 1.54) is 0 Å². The molecule has 0 amide bonds. The minimum atomic E-state index is -1.04. The van der Waals surface area contributed by atoms with Gasteiger partial charge in [-0.05, 0) is 6.07 Å². The molecule has 6 heteroatoms. The van der Waals surface area contributed by atoms with E-state index in [1.54, 1.807) is 30.2 Å². The number of hydrogen-bond acceptors (Lipinski definition) is 4.